The van der Waals surface area contributed by atoms with Gasteiger partial charge in [0.25, 0.3) is 0 Å². The molecule has 23 heavy (non-hydrogen) atoms. The van der Waals surface area contributed by atoms with Crippen molar-refractivity contribution >= 4 is 23.3 Å². The third kappa shape index (κ3) is 3.15. The van der Waals surface area contributed by atoms with Gasteiger partial charge in [0, 0.05) is 37.9 Å². The minimum Gasteiger partial charge on any atom is -0.326 e. The van der Waals surface area contributed by atoms with E-state index in [1.807, 2.05) is 6.92 Å². The van der Waals surface area contributed by atoms with Gasteiger partial charge >= 0.3 is 6.03 Å². The lowest BCUT2D eigenvalue weighted by molar-refractivity contribution is -0.118. The highest BCUT2D eigenvalue weighted by Gasteiger charge is 2.34. The van der Waals surface area contributed by atoms with Gasteiger partial charge in [0.05, 0.1) is 11.9 Å². The van der Waals surface area contributed by atoms with Gasteiger partial charge < -0.3 is 15.5 Å². The monoisotopic (exact) mass is 314 g/mol. The van der Waals surface area contributed by atoms with Crippen LogP contribution in [0.1, 0.15) is 12.0 Å². The first-order chi connectivity index (χ1) is 11.0. The Bertz CT molecular complexity index is 741. The van der Waals surface area contributed by atoms with E-state index in [0.29, 0.717) is 18.7 Å². The molecule has 0 radical (unpaired) electrons. The van der Waals surface area contributed by atoms with Crippen LogP contribution in [0.4, 0.5) is 16.2 Å². The summed E-state index contributed by atoms with van der Waals surface area (Å²) in [5.41, 5.74) is 2.27. The Morgan fingerprint density at radius 2 is 2.22 bits per heavy atom. The summed E-state index contributed by atoms with van der Waals surface area (Å²) < 4.78 is 1.64. The van der Waals surface area contributed by atoms with Crippen LogP contribution < -0.4 is 15.5 Å². The number of rotatable bonds is 3. The molecule has 1 aliphatic rings. The lowest BCUT2D eigenvalue weighted by Crippen LogP contribution is -2.43. The number of carbonyl (C=O) groups excluding carboxylic acids is 2. The second kappa shape index (κ2) is 6.07. The number of nitrogens with one attached hydrogen (secondary N) is 2. The Labute approximate surface area is 133 Å². The third-order valence-electron chi connectivity index (χ3n) is 3.78. The van der Waals surface area contributed by atoms with E-state index in [0.717, 1.165) is 11.3 Å². The van der Waals surface area contributed by atoms with Gasteiger partial charge in [0.2, 0.25) is 5.91 Å². The molecule has 8 heteroatoms. The zero-order valence-corrected chi connectivity index (χ0v) is 13.0. The molecule has 120 valence electrons. The SMILES string of the molecule is Cc1cnccc1NC(=O)NC1CCN(c2cnn(C)c2)C1=O. The van der Waals surface area contributed by atoms with Crippen molar-refractivity contribution in [3.05, 3.63) is 36.4 Å². The fourth-order valence-electron chi connectivity index (χ4n) is 2.55. The number of aromatic nitrogens is 3. The summed E-state index contributed by atoms with van der Waals surface area (Å²) in [7, 11) is 1.80. The number of hydrogen-bond acceptors (Lipinski definition) is 4. The highest BCUT2D eigenvalue weighted by molar-refractivity contribution is 6.02. The Hall–Kier alpha value is -2.90. The van der Waals surface area contributed by atoms with E-state index >= 15 is 0 Å². The van der Waals surface area contributed by atoms with E-state index in [1.54, 1.807) is 47.5 Å². The second-order valence-electron chi connectivity index (χ2n) is 5.49. The van der Waals surface area contributed by atoms with Crippen molar-refractivity contribution in [2.45, 2.75) is 19.4 Å². The topological polar surface area (TPSA) is 92.2 Å². The molecular weight excluding hydrogens is 296 g/mol. The molecule has 1 atom stereocenters. The number of carbonyl (C=O) groups is 2. The molecule has 0 bridgehead atoms. The number of pyridine rings is 1. The van der Waals surface area contributed by atoms with Gasteiger partial charge in [0.15, 0.2) is 0 Å². The van der Waals surface area contributed by atoms with Crippen LogP contribution in [0.25, 0.3) is 0 Å². The van der Waals surface area contributed by atoms with Crippen LogP contribution in [0.3, 0.4) is 0 Å². The fourth-order valence-corrected chi connectivity index (χ4v) is 2.55. The van der Waals surface area contributed by atoms with Crippen molar-refractivity contribution in [3.8, 4) is 0 Å². The van der Waals surface area contributed by atoms with Crippen molar-refractivity contribution in [2.75, 3.05) is 16.8 Å². The van der Waals surface area contributed by atoms with Gasteiger partial charge in [-0.05, 0) is 25.0 Å². The molecule has 3 rings (SSSR count). The molecule has 1 unspecified atom stereocenters. The average molecular weight is 314 g/mol. The molecule has 0 aliphatic carbocycles. The molecule has 2 N–H and O–H groups in total. The molecule has 0 saturated carbocycles. The van der Waals surface area contributed by atoms with E-state index in [2.05, 4.69) is 20.7 Å². The first kappa shape index (κ1) is 15.0. The number of hydrogen-bond donors (Lipinski definition) is 2. The number of nitrogens with zero attached hydrogens (tertiary/aromatic N) is 4. The van der Waals surface area contributed by atoms with Crippen molar-refractivity contribution in [1.82, 2.24) is 20.1 Å². The van der Waals surface area contributed by atoms with E-state index in [9.17, 15) is 9.59 Å². The maximum absolute atomic E-state index is 12.4. The number of amides is 3. The minimum atomic E-state index is -0.530. The highest BCUT2D eigenvalue weighted by Crippen LogP contribution is 2.20. The van der Waals surface area contributed by atoms with Gasteiger partial charge in [-0.15, -0.1) is 0 Å². The summed E-state index contributed by atoms with van der Waals surface area (Å²) in [6, 6.07) is 0.788. The van der Waals surface area contributed by atoms with Gasteiger partial charge in [0.1, 0.15) is 6.04 Å². The maximum Gasteiger partial charge on any atom is 0.319 e. The molecule has 3 amide bonds. The van der Waals surface area contributed by atoms with Crippen molar-refractivity contribution < 1.29 is 9.59 Å². The zero-order chi connectivity index (χ0) is 16.4. The lowest BCUT2D eigenvalue weighted by atomic mass is 10.2. The molecule has 1 aliphatic heterocycles. The van der Waals surface area contributed by atoms with Gasteiger partial charge in [-0.2, -0.15) is 5.10 Å². The second-order valence-corrected chi connectivity index (χ2v) is 5.49. The summed E-state index contributed by atoms with van der Waals surface area (Å²) in [5, 5.41) is 9.53. The highest BCUT2D eigenvalue weighted by atomic mass is 16.2. The fraction of sp³-hybridized carbons (Fsp3) is 0.333. The lowest BCUT2D eigenvalue weighted by Gasteiger charge is -2.16. The van der Waals surface area contributed by atoms with Crippen molar-refractivity contribution in [3.63, 3.8) is 0 Å². The van der Waals surface area contributed by atoms with Gasteiger partial charge in [-0.25, -0.2) is 4.79 Å². The predicted molar refractivity (Wildman–Crippen MR) is 85.1 cm³/mol. The van der Waals surface area contributed by atoms with Crippen LogP contribution in [0, 0.1) is 6.92 Å². The molecule has 2 aromatic heterocycles. The van der Waals surface area contributed by atoms with E-state index in [4.69, 9.17) is 0 Å². The molecule has 1 fully saturated rings. The standard InChI is InChI=1S/C15H18N6O2/c1-10-7-16-5-3-12(10)18-15(23)19-13-4-6-21(14(13)22)11-8-17-20(2)9-11/h3,5,7-9,13H,4,6H2,1-2H3,(H2,16,18,19,23). The van der Waals surface area contributed by atoms with Crippen LogP contribution in [-0.4, -0.2) is 39.3 Å². The number of urea groups is 1. The van der Waals surface area contributed by atoms with Gasteiger partial charge in [-0.3, -0.25) is 14.5 Å². The normalized spacial score (nSPS) is 17.4. The van der Waals surface area contributed by atoms with Crippen LogP contribution in [0.5, 0.6) is 0 Å². The van der Waals surface area contributed by atoms with E-state index in [1.165, 1.54) is 0 Å². The maximum atomic E-state index is 12.4. The predicted octanol–water partition coefficient (Wildman–Crippen LogP) is 1.05. The molecule has 8 nitrogen and oxygen atoms in total. The summed E-state index contributed by atoms with van der Waals surface area (Å²) in [5.74, 6) is -0.125. The molecule has 2 aromatic rings. The van der Waals surface area contributed by atoms with Crippen LogP contribution in [0.2, 0.25) is 0 Å². The Morgan fingerprint density at radius 3 is 2.91 bits per heavy atom. The largest absolute Gasteiger partial charge is 0.326 e. The van der Waals surface area contributed by atoms with E-state index < -0.39 is 12.1 Å². The molecule has 0 aromatic carbocycles. The Kier molecular flexibility index (Phi) is 3.96. The third-order valence-corrected chi connectivity index (χ3v) is 3.78. The van der Waals surface area contributed by atoms with Crippen LogP contribution in [0.15, 0.2) is 30.9 Å². The van der Waals surface area contributed by atoms with Crippen molar-refractivity contribution in [1.29, 1.82) is 0 Å². The first-order valence-corrected chi connectivity index (χ1v) is 7.33. The van der Waals surface area contributed by atoms with Crippen LogP contribution >= 0.6 is 0 Å². The number of aryl methyl sites for hydroxylation is 2. The Morgan fingerprint density at radius 1 is 1.39 bits per heavy atom. The molecule has 0 spiro atoms. The Balaban J connectivity index is 1.62. The summed E-state index contributed by atoms with van der Waals surface area (Å²) in [6.07, 6.45) is 7.26. The molecule has 3 heterocycles. The van der Waals surface area contributed by atoms with Gasteiger partial charge in [-0.1, -0.05) is 0 Å². The number of anilines is 2. The average Bonchev–Trinajstić information content (AvgIpc) is 3.08. The zero-order valence-electron chi connectivity index (χ0n) is 13.0. The summed E-state index contributed by atoms with van der Waals surface area (Å²) in [6.45, 7) is 2.41. The smallest absolute Gasteiger partial charge is 0.319 e. The van der Waals surface area contributed by atoms with Crippen LogP contribution in [-0.2, 0) is 11.8 Å². The summed E-state index contributed by atoms with van der Waals surface area (Å²) >= 11 is 0. The molecular formula is C15H18N6O2. The van der Waals surface area contributed by atoms with Crippen molar-refractivity contribution in [2.24, 2.45) is 7.05 Å². The first-order valence-electron chi connectivity index (χ1n) is 7.33. The minimum absolute atomic E-state index is 0.125. The molecule has 1 saturated heterocycles. The van der Waals surface area contributed by atoms with E-state index in [-0.39, 0.29) is 5.91 Å². The quantitative estimate of drug-likeness (QED) is 0.886. The summed E-state index contributed by atoms with van der Waals surface area (Å²) in [4.78, 5) is 30.1.